The van der Waals surface area contributed by atoms with Gasteiger partial charge < -0.3 is 10.6 Å². The highest BCUT2D eigenvalue weighted by atomic mass is 35.5. The second-order valence-electron chi connectivity index (χ2n) is 5.04. The van der Waals surface area contributed by atoms with E-state index in [9.17, 15) is 0 Å². The normalized spacial score (nSPS) is 12.2. The predicted octanol–water partition coefficient (Wildman–Crippen LogP) is 4.83. The number of aryl methyl sites for hydroxylation is 1. The van der Waals surface area contributed by atoms with Crippen LogP contribution in [-0.4, -0.2) is 13.1 Å². The van der Waals surface area contributed by atoms with E-state index in [-0.39, 0.29) is 6.04 Å². The summed E-state index contributed by atoms with van der Waals surface area (Å²) in [5.41, 5.74) is 9.41. The summed E-state index contributed by atoms with van der Waals surface area (Å²) in [6, 6.07) is 14.0. The van der Waals surface area contributed by atoms with Gasteiger partial charge in [0.05, 0.1) is 6.04 Å². The van der Waals surface area contributed by atoms with Gasteiger partial charge in [0.25, 0.3) is 0 Å². The maximum absolute atomic E-state index is 6.36. The van der Waals surface area contributed by atoms with E-state index in [1.165, 1.54) is 5.56 Å². The Morgan fingerprint density at radius 2 is 1.90 bits per heavy atom. The molecule has 0 saturated carbocycles. The van der Waals surface area contributed by atoms with Crippen LogP contribution in [0.25, 0.3) is 0 Å². The summed E-state index contributed by atoms with van der Waals surface area (Å²) in [7, 11) is 0. The summed E-state index contributed by atoms with van der Waals surface area (Å²) >= 11 is 12.3. The number of hydrogen-bond donors (Lipinski definition) is 1. The van der Waals surface area contributed by atoms with Crippen LogP contribution in [-0.2, 0) is 0 Å². The quantitative estimate of drug-likeness (QED) is 0.854. The van der Waals surface area contributed by atoms with Crippen molar-refractivity contribution < 1.29 is 0 Å². The first kappa shape index (κ1) is 16.2. The minimum Gasteiger partial charge on any atom is -0.363 e. The first-order valence-corrected chi connectivity index (χ1v) is 7.80. The maximum atomic E-state index is 6.36. The molecule has 2 rings (SSSR count). The Labute approximate surface area is 136 Å². The molecule has 2 nitrogen and oxygen atoms in total. The summed E-state index contributed by atoms with van der Waals surface area (Å²) < 4.78 is 0. The zero-order valence-electron chi connectivity index (χ0n) is 12.3. The fraction of sp³-hybridized carbons (Fsp3) is 0.294. The molecule has 0 aliphatic carbocycles. The fourth-order valence-corrected chi connectivity index (χ4v) is 3.12. The Morgan fingerprint density at radius 3 is 2.48 bits per heavy atom. The molecule has 0 aromatic heterocycles. The molecule has 0 aliphatic heterocycles. The monoisotopic (exact) mass is 322 g/mol. The van der Waals surface area contributed by atoms with Gasteiger partial charge in [-0.25, -0.2) is 0 Å². The number of rotatable bonds is 5. The summed E-state index contributed by atoms with van der Waals surface area (Å²) in [5, 5.41) is 1.29. The van der Waals surface area contributed by atoms with E-state index >= 15 is 0 Å². The second kappa shape index (κ2) is 7.17. The Bertz CT molecular complexity index is 613. The summed E-state index contributed by atoms with van der Waals surface area (Å²) in [6.07, 6.45) is 0. The SMILES string of the molecule is CCN(c1cccc(C)c1)C(CN)c1ccc(Cl)cc1Cl. The van der Waals surface area contributed by atoms with Crippen LogP contribution in [0.15, 0.2) is 42.5 Å². The molecule has 0 aliphatic rings. The van der Waals surface area contributed by atoms with Crippen molar-refractivity contribution in [2.75, 3.05) is 18.0 Å². The molecule has 0 fully saturated rings. The Hall–Kier alpha value is -1.22. The third-order valence-corrected chi connectivity index (χ3v) is 4.16. The number of nitrogens with zero attached hydrogens (tertiary/aromatic N) is 1. The lowest BCUT2D eigenvalue weighted by Gasteiger charge is -2.33. The fourth-order valence-electron chi connectivity index (χ4n) is 2.58. The van der Waals surface area contributed by atoms with Gasteiger partial charge in [-0.1, -0.05) is 41.4 Å². The van der Waals surface area contributed by atoms with E-state index in [2.05, 4.69) is 43.0 Å². The van der Waals surface area contributed by atoms with Gasteiger partial charge in [0.15, 0.2) is 0 Å². The Balaban J connectivity index is 2.42. The Kier molecular flexibility index (Phi) is 5.51. The highest BCUT2D eigenvalue weighted by Crippen LogP contribution is 2.32. The highest BCUT2D eigenvalue weighted by Gasteiger charge is 2.20. The van der Waals surface area contributed by atoms with Crippen molar-refractivity contribution in [1.29, 1.82) is 0 Å². The van der Waals surface area contributed by atoms with Crippen LogP contribution in [0.3, 0.4) is 0 Å². The largest absolute Gasteiger partial charge is 0.363 e. The highest BCUT2D eigenvalue weighted by molar-refractivity contribution is 6.35. The molecule has 21 heavy (non-hydrogen) atoms. The van der Waals surface area contributed by atoms with Crippen LogP contribution >= 0.6 is 23.2 Å². The third-order valence-electron chi connectivity index (χ3n) is 3.59. The molecule has 0 bridgehead atoms. The van der Waals surface area contributed by atoms with Crippen LogP contribution in [0.4, 0.5) is 5.69 Å². The molecule has 1 atom stereocenters. The summed E-state index contributed by atoms with van der Waals surface area (Å²) in [6.45, 7) is 5.55. The molecule has 1 unspecified atom stereocenters. The first-order chi connectivity index (χ1) is 10.1. The Morgan fingerprint density at radius 1 is 1.14 bits per heavy atom. The van der Waals surface area contributed by atoms with Crippen LogP contribution < -0.4 is 10.6 Å². The lowest BCUT2D eigenvalue weighted by molar-refractivity contribution is 0.643. The minimum absolute atomic E-state index is 0.0292. The topological polar surface area (TPSA) is 29.3 Å². The van der Waals surface area contributed by atoms with Crippen LogP contribution in [0.1, 0.15) is 24.1 Å². The standard InChI is InChI=1S/C17H20Cl2N2/c1-3-21(14-6-4-5-12(2)9-14)17(11-20)15-8-7-13(18)10-16(15)19/h4-10,17H,3,11,20H2,1-2H3. The van der Waals surface area contributed by atoms with Crippen LogP contribution in [0, 0.1) is 6.92 Å². The van der Waals surface area contributed by atoms with Crippen molar-refractivity contribution in [1.82, 2.24) is 0 Å². The van der Waals surface area contributed by atoms with E-state index in [1.807, 2.05) is 12.1 Å². The summed E-state index contributed by atoms with van der Waals surface area (Å²) in [4.78, 5) is 2.27. The lowest BCUT2D eigenvalue weighted by Crippen LogP contribution is -2.34. The second-order valence-corrected chi connectivity index (χ2v) is 5.89. The van der Waals surface area contributed by atoms with E-state index in [1.54, 1.807) is 6.07 Å². The van der Waals surface area contributed by atoms with Gasteiger partial charge in [0.2, 0.25) is 0 Å². The molecule has 2 aromatic carbocycles. The van der Waals surface area contributed by atoms with Gasteiger partial charge in [0.1, 0.15) is 0 Å². The molecule has 0 radical (unpaired) electrons. The van der Waals surface area contributed by atoms with Gasteiger partial charge in [0, 0.05) is 28.8 Å². The van der Waals surface area contributed by atoms with Crippen molar-refractivity contribution in [2.24, 2.45) is 5.73 Å². The molecule has 0 amide bonds. The minimum atomic E-state index is 0.0292. The number of anilines is 1. The molecule has 112 valence electrons. The van der Waals surface area contributed by atoms with Crippen molar-refractivity contribution >= 4 is 28.9 Å². The maximum Gasteiger partial charge on any atom is 0.0679 e. The molecular weight excluding hydrogens is 303 g/mol. The third kappa shape index (κ3) is 3.70. The smallest absolute Gasteiger partial charge is 0.0679 e. The van der Waals surface area contributed by atoms with Crippen molar-refractivity contribution in [3.63, 3.8) is 0 Å². The number of likely N-dealkylation sites (N-methyl/N-ethyl adjacent to an activating group) is 1. The van der Waals surface area contributed by atoms with Crippen molar-refractivity contribution in [3.05, 3.63) is 63.6 Å². The van der Waals surface area contributed by atoms with Crippen molar-refractivity contribution in [2.45, 2.75) is 19.9 Å². The van der Waals surface area contributed by atoms with E-state index in [0.29, 0.717) is 16.6 Å². The number of halogens is 2. The van der Waals surface area contributed by atoms with E-state index in [0.717, 1.165) is 17.8 Å². The average molecular weight is 323 g/mol. The molecule has 2 N–H and O–H groups in total. The van der Waals surface area contributed by atoms with E-state index < -0.39 is 0 Å². The number of hydrogen-bond acceptors (Lipinski definition) is 2. The molecule has 2 aromatic rings. The predicted molar refractivity (Wildman–Crippen MR) is 92.5 cm³/mol. The lowest BCUT2D eigenvalue weighted by atomic mass is 10.0. The zero-order valence-corrected chi connectivity index (χ0v) is 13.8. The summed E-state index contributed by atoms with van der Waals surface area (Å²) in [5.74, 6) is 0. The average Bonchev–Trinajstić information content (AvgIpc) is 2.45. The van der Waals surface area contributed by atoms with Gasteiger partial charge >= 0.3 is 0 Å². The van der Waals surface area contributed by atoms with Gasteiger partial charge in [-0.15, -0.1) is 0 Å². The number of benzene rings is 2. The molecule has 0 saturated heterocycles. The molecule has 0 heterocycles. The molecular formula is C17H20Cl2N2. The molecule has 0 spiro atoms. The van der Waals surface area contributed by atoms with Crippen molar-refractivity contribution in [3.8, 4) is 0 Å². The zero-order chi connectivity index (χ0) is 15.4. The van der Waals surface area contributed by atoms with Gasteiger partial charge in [-0.3, -0.25) is 0 Å². The van der Waals surface area contributed by atoms with Crippen LogP contribution in [0.2, 0.25) is 10.0 Å². The number of nitrogens with two attached hydrogens (primary N) is 1. The molecule has 4 heteroatoms. The van der Waals surface area contributed by atoms with Gasteiger partial charge in [-0.2, -0.15) is 0 Å². The first-order valence-electron chi connectivity index (χ1n) is 7.05. The van der Waals surface area contributed by atoms with Gasteiger partial charge in [-0.05, 0) is 49.2 Å². The van der Waals surface area contributed by atoms with E-state index in [4.69, 9.17) is 28.9 Å². The van der Waals surface area contributed by atoms with Crippen LogP contribution in [0.5, 0.6) is 0 Å².